The number of carbonyl (C=O) groups excluding carboxylic acids is 1. The number of hydrogen-bond donors (Lipinski definition) is 2. The number of furan rings is 1. The molecule has 0 spiro atoms. The monoisotopic (exact) mass is 433 g/mol. The zero-order chi connectivity index (χ0) is 21.4. The Morgan fingerprint density at radius 1 is 1.21 bits per heavy atom. The molecule has 1 rings (SSSR count). The zero-order valence-corrected chi connectivity index (χ0v) is 18.1. The van der Waals surface area contributed by atoms with Crippen molar-refractivity contribution in [2.24, 2.45) is 0 Å². The van der Waals surface area contributed by atoms with Crippen LogP contribution in [0.15, 0.2) is 22.8 Å². The van der Waals surface area contributed by atoms with E-state index < -0.39 is 16.1 Å². The first-order valence-corrected chi connectivity index (χ1v) is 12.0. The smallest absolute Gasteiger partial charge is 0.305 e. The molecule has 1 heterocycles. The molecule has 0 aliphatic carbocycles. The first-order valence-electron chi connectivity index (χ1n) is 10.3. The highest BCUT2D eigenvalue weighted by Crippen LogP contribution is 2.07. The van der Waals surface area contributed by atoms with Gasteiger partial charge in [-0.2, -0.15) is 0 Å². The second kappa shape index (κ2) is 15.4. The number of sulfonamides is 1. The molecule has 1 aromatic rings. The predicted molar refractivity (Wildman–Crippen MR) is 110 cm³/mol. The van der Waals surface area contributed by atoms with Crippen molar-refractivity contribution in [2.75, 3.05) is 25.5 Å². The van der Waals surface area contributed by atoms with Gasteiger partial charge in [0.05, 0.1) is 31.3 Å². The van der Waals surface area contributed by atoms with Gasteiger partial charge in [0.2, 0.25) is 10.0 Å². The van der Waals surface area contributed by atoms with Gasteiger partial charge in [0.1, 0.15) is 12.4 Å². The third kappa shape index (κ3) is 14.2. The van der Waals surface area contributed by atoms with Crippen molar-refractivity contribution < 1.29 is 32.2 Å². The van der Waals surface area contributed by atoms with Crippen molar-refractivity contribution in [1.29, 1.82) is 0 Å². The van der Waals surface area contributed by atoms with E-state index in [2.05, 4.69) is 4.72 Å². The van der Waals surface area contributed by atoms with Crippen LogP contribution in [-0.2, 0) is 30.9 Å². The van der Waals surface area contributed by atoms with Crippen LogP contribution >= 0.6 is 0 Å². The van der Waals surface area contributed by atoms with Crippen molar-refractivity contribution in [3.05, 3.63) is 24.2 Å². The molecule has 0 radical (unpaired) electrons. The molecule has 0 saturated heterocycles. The summed E-state index contributed by atoms with van der Waals surface area (Å²) in [6.45, 7) is 3.10. The molecule has 0 amide bonds. The topological polar surface area (TPSA) is 115 Å². The Labute approximate surface area is 174 Å². The van der Waals surface area contributed by atoms with E-state index in [4.69, 9.17) is 13.9 Å². The van der Waals surface area contributed by atoms with E-state index in [0.29, 0.717) is 51.2 Å². The summed E-state index contributed by atoms with van der Waals surface area (Å²) in [6.07, 6.45) is 6.21. The van der Waals surface area contributed by atoms with Crippen LogP contribution in [0.4, 0.5) is 0 Å². The lowest BCUT2D eigenvalue weighted by Crippen LogP contribution is -2.27. The lowest BCUT2D eigenvalue weighted by molar-refractivity contribution is -0.143. The maximum atomic E-state index is 12.0. The second-order valence-electron chi connectivity index (χ2n) is 6.93. The van der Waals surface area contributed by atoms with E-state index in [1.54, 1.807) is 25.3 Å². The van der Waals surface area contributed by atoms with Gasteiger partial charge in [-0.15, -0.1) is 0 Å². The van der Waals surface area contributed by atoms with Crippen LogP contribution in [0.5, 0.6) is 0 Å². The van der Waals surface area contributed by atoms with Crippen LogP contribution < -0.4 is 4.72 Å². The van der Waals surface area contributed by atoms with E-state index in [1.165, 1.54) is 0 Å². The molecule has 1 aromatic heterocycles. The summed E-state index contributed by atoms with van der Waals surface area (Å²) in [5.41, 5.74) is 0. The number of aliphatic hydroxyl groups is 1. The minimum atomic E-state index is -3.29. The molecule has 29 heavy (non-hydrogen) atoms. The SMILES string of the molecule is CCOC(=O)CCCCCCNS(=O)(=O)CCCCC(O)COCc1ccco1. The van der Waals surface area contributed by atoms with Gasteiger partial charge in [-0.1, -0.05) is 12.8 Å². The largest absolute Gasteiger partial charge is 0.467 e. The maximum Gasteiger partial charge on any atom is 0.305 e. The Kier molecular flexibility index (Phi) is 13.6. The molecular formula is C20H35NO7S. The van der Waals surface area contributed by atoms with E-state index in [0.717, 1.165) is 25.7 Å². The second-order valence-corrected chi connectivity index (χ2v) is 8.85. The van der Waals surface area contributed by atoms with Crippen LogP contribution in [0.3, 0.4) is 0 Å². The van der Waals surface area contributed by atoms with Crippen LogP contribution in [0.2, 0.25) is 0 Å². The van der Waals surface area contributed by atoms with Gasteiger partial charge in [-0.05, 0) is 51.2 Å². The Bertz CT molecular complexity index is 631. The van der Waals surface area contributed by atoms with Crippen molar-refractivity contribution in [2.45, 2.75) is 71.0 Å². The molecule has 0 aliphatic rings. The number of aliphatic hydroxyl groups excluding tert-OH is 1. The summed E-state index contributed by atoms with van der Waals surface area (Å²) in [7, 11) is -3.29. The average Bonchev–Trinajstić information content (AvgIpc) is 3.18. The molecule has 2 N–H and O–H groups in total. The fourth-order valence-electron chi connectivity index (χ4n) is 2.73. The maximum absolute atomic E-state index is 12.0. The predicted octanol–water partition coefficient (Wildman–Crippen LogP) is 2.76. The van der Waals surface area contributed by atoms with Crippen LogP contribution in [0.25, 0.3) is 0 Å². The summed E-state index contributed by atoms with van der Waals surface area (Å²) < 4.78 is 41.9. The molecule has 0 fully saturated rings. The molecule has 0 aliphatic heterocycles. The van der Waals surface area contributed by atoms with Gasteiger partial charge in [-0.3, -0.25) is 4.79 Å². The highest BCUT2D eigenvalue weighted by atomic mass is 32.2. The number of hydrogen-bond acceptors (Lipinski definition) is 7. The molecule has 168 valence electrons. The van der Waals surface area contributed by atoms with Gasteiger partial charge < -0.3 is 19.0 Å². The summed E-state index contributed by atoms with van der Waals surface area (Å²) in [6, 6.07) is 3.57. The van der Waals surface area contributed by atoms with E-state index in [1.807, 2.05) is 0 Å². The molecular weight excluding hydrogens is 398 g/mol. The minimum absolute atomic E-state index is 0.0514. The number of esters is 1. The highest BCUT2D eigenvalue weighted by molar-refractivity contribution is 7.89. The number of ether oxygens (including phenoxy) is 2. The van der Waals surface area contributed by atoms with Crippen molar-refractivity contribution in [3.63, 3.8) is 0 Å². The molecule has 0 aromatic carbocycles. The Hall–Kier alpha value is -1.42. The van der Waals surface area contributed by atoms with E-state index >= 15 is 0 Å². The van der Waals surface area contributed by atoms with Gasteiger partial charge in [-0.25, -0.2) is 13.1 Å². The summed E-state index contributed by atoms with van der Waals surface area (Å²) in [5, 5.41) is 9.87. The zero-order valence-electron chi connectivity index (χ0n) is 17.3. The quantitative estimate of drug-likeness (QED) is 0.270. The fraction of sp³-hybridized carbons (Fsp3) is 0.750. The summed E-state index contributed by atoms with van der Waals surface area (Å²) in [4.78, 5) is 11.2. The Morgan fingerprint density at radius 3 is 2.72 bits per heavy atom. The molecule has 1 unspecified atom stereocenters. The standard InChI is InChI=1S/C20H35NO7S/c1-2-27-20(23)12-5-3-4-7-13-21-29(24,25)15-8-6-10-18(22)16-26-17-19-11-9-14-28-19/h9,11,14,18,21-22H,2-8,10,12-13,15-17H2,1H3. The van der Waals surface area contributed by atoms with Crippen LogP contribution in [0, 0.1) is 0 Å². The van der Waals surface area contributed by atoms with E-state index in [-0.39, 0.29) is 18.3 Å². The van der Waals surface area contributed by atoms with Gasteiger partial charge in [0.15, 0.2) is 0 Å². The Balaban J connectivity index is 1.96. The molecule has 0 saturated carbocycles. The Morgan fingerprint density at radius 2 is 2.00 bits per heavy atom. The third-order valence-corrected chi connectivity index (χ3v) is 5.74. The number of rotatable bonds is 18. The first kappa shape index (κ1) is 25.6. The fourth-order valence-corrected chi connectivity index (χ4v) is 3.91. The highest BCUT2D eigenvalue weighted by Gasteiger charge is 2.11. The molecule has 9 heteroatoms. The van der Waals surface area contributed by atoms with Crippen LogP contribution in [-0.4, -0.2) is 51.1 Å². The molecule has 8 nitrogen and oxygen atoms in total. The number of unbranched alkanes of at least 4 members (excludes halogenated alkanes) is 4. The number of carbonyl (C=O) groups is 1. The lowest BCUT2D eigenvalue weighted by Gasteiger charge is -2.11. The normalized spacial score (nSPS) is 12.8. The lowest BCUT2D eigenvalue weighted by atomic mass is 10.1. The van der Waals surface area contributed by atoms with Crippen molar-refractivity contribution >= 4 is 16.0 Å². The van der Waals surface area contributed by atoms with E-state index in [9.17, 15) is 18.3 Å². The van der Waals surface area contributed by atoms with Gasteiger partial charge in [0, 0.05) is 13.0 Å². The number of nitrogens with one attached hydrogen (secondary N) is 1. The molecule has 1 atom stereocenters. The van der Waals surface area contributed by atoms with Crippen LogP contribution in [0.1, 0.15) is 64.1 Å². The first-order chi connectivity index (χ1) is 13.9. The van der Waals surface area contributed by atoms with Crippen molar-refractivity contribution in [1.82, 2.24) is 4.72 Å². The minimum Gasteiger partial charge on any atom is -0.467 e. The molecule has 0 bridgehead atoms. The van der Waals surface area contributed by atoms with Crippen molar-refractivity contribution in [3.8, 4) is 0 Å². The third-order valence-electron chi connectivity index (χ3n) is 4.27. The average molecular weight is 434 g/mol. The van der Waals surface area contributed by atoms with Gasteiger partial charge in [0.25, 0.3) is 0 Å². The summed E-state index contributed by atoms with van der Waals surface area (Å²) in [5.74, 6) is 0.575. The summed E-state index contributed by atoms with van der Waals surface area (Å²) >= 11 is 0. The van der Waals surface area contributed by atoms with Gasteiger partial charge >= 0.3 is 5.97 Å².